The minimum absolute atomic E-state index is 0.0519. The summed E-state index contributed by atoms with van der Waals surface area (Å²) >= 11 is 0. The molecule has 0 heterocycles. The molecule has 0 saturated heterocycles. The second kappa shape index (κ2) is 10.5. The van der Waals surface area contributed by atoms with Gasteiger partial charge in [0.25, 0.3) is 0 Å². The highest BCUT2D eigenvalue weighted by Crippen LogP contribution is 2.48. The fourth-order valence-corrected chi connectivity index (χ4v) is 2.87. The maximum absolute atomic E-state index is 12.3. The van der Waals surface area contributed by atoms with Gasteiger partial charge in [-0.25, -0.2) is 0 Å². The molecule has 0 fully saturated rings. The van der Waals surface area contributed by atoms with Crippen molar-refractivity contribution in [2.75, 3.05) is 32.6 Å². The van der Waals surface area contributed by atoms with E-state index in [2.05, 4.69) is 13.2 Å². The second-order valence-corrected chi connectivity index (χ2v) is 5.41. The maximum atomic E-state index is 12.3. The van der Waals surface area contributed by atoms with Crippen LogP contribution in [0.25, 0.3) is 0 Å². The molecule has 0 aliphatic rings. The Hall–Kier alpha value is -0.450. The Morgan fingerprint density at radius 3 is 1.83 bits per heavy atom. The number of hydrogen-bond acceptors (Lipinski definition) is 5. The van der Waals surface area contributed by atoms with Crippen molar-refractivity contribution >= 4 is 7.60 Å². The second-order valence-electron chi connectivity index (χ2n) is 3.30. The minimum atomic E-state index is -3.17. The third-order valence-electron chi connectivity index (χ3n) is 1.82. The van der Waals surface area contributed by atoms with Gasteiger partial charge >= 0.3 is 7.60 Å². The van der Waals surface area contributed by atoms with Crippen LogP contribution in [0.15, 0.2) is 25.3 Å². The van der Waals surface area contributed by atoms with E-state index in [1.54, 1.807) is 26.0 Å². The first-order valence-electron chi connectivity index (χ1n) is 5.95. The molecule has 0 N–H and O–H groups in total. The van der Waals surface area contributed by atoms with E-state index in [4.69, 9.17) is 18.5 Å². The Morgan fingerprint density at radius 1 is 1.06 bits per heavy atom. The molecule has 0 aromatic rings. The zero-order chi connectivity index (χ0) is 13.9. The van der Waals surface area contributed by atoms with E-state index in [0.29, 0.717) is 26.4 Å². The fourth-order valence-electron chi connectivity index (χ4n) is 1.22. The van der Waals surface area contributed by atoms with Crippen LogP contribution in [-0.4, -0.2) is 38.9 Å². The van der Waals surface area contributed by atoms with Gasteiger partial charge < -0.3 is 18.5 Å². The third-order valence-corrected chi connectivity index (χ3v) is 3.87. The van der Waals surface area contributed by atoms with Crippen molar-refractivity contribution < 1.29 is 23.1 Å². The predicted molar refractivity (Wildman–Crippen MR) is 71.8 cm³/mol. The van der Waals surface area contributed by atoms with Gasteiger partial charge in [-0.15, -0.1) is 13.2 Å². The van der Waals surface area contributed by atoms with E-state index in [1.807, 2.05) is 0 Å². The van der Waals surface area contributed by atoms with E-state index < -0.39 is 13.9 Å². The summed E-state index contributed by atoms with van der Waals surface area (Å²) in [4.78, 5) is 0. The summed E-state index contributed by atoms with van der Waals surface area (Å²) < 4.78 is 33.4. The average molecular weight is 278 g/mol. The zero-order valence-electron chi connectivity index (χ0n) is 11.2. The Kier molecular flexibility index (Phi) is 10.2. The minimum Gasteiger partial charge on any atom is -0.348 e. The lowest BCUT2D eigenvalue weighted by molar-refractivity contribution is -0.113. The molecule has 0 bridgehead atoms. The largest absolute Gasteiger partial charge is 0.348 e. The van der Waals surface area contributed by atoms with Gasteiger partial charge in [-0.1, -0.05) is 12.2 Å². The van der Waals surface area contributed by atoms with Crippen LogP contribution in [0.3, 0.4) is 0 Å². The van der Waals surface area contributed by atoms with Crippen LogP contribution in [0, 0.1) is 0 Å². The van der Waals surface area contributed by atoms with Gasteiger partial charge in [-0.05, 0) is 13.8 Å². The molecule has 0 saturated carbocycles. The molecule has 0 aliphatic heterocycles. The lowest BCUT2D eigenvalue weighted by Crippen LogP contribution is -2.23. The van der Waals surface area contributed by atoms with Crippen LogP contribution in [0.2, 0.25) is 0 Å². The Bertz CT molecular complexity index is 258. The summed E-state index contributed by atoms with van der Waals surface area (Å²) in [6.07, 6.45) is 2.58. The van der Waals surface area contributed by atoms with Crippen molar-refractivity contribution in [2.24, 2.45) is 0 Å². The van der Waals surface area contributed by atoms with Crippen LogP contribution >= 0.6 is 7.60 Å². The van der Waals surface area contributed by atoms with Crippen LogP contribution in [0.4, 0.5) is 0 Å². The van der Waals surface area contributed by atoms with Gasteiger partial charge in [-0.3, -0.25) is 4.57 Å². The van der Waals surface area contributed by atoms with Gasteiger partial charge in [-0.2, -0.15) is 0 Å². The molecule has 18 heavy (non-hydrogen) atoms. The van der Waals surface area contributed by atoms with Gasteiger partial charge in [0.05, 0.1) is 26.4 Å². The van der Waals surface area contributed by atoms with Gasteiger partial charge in [0.2, 0.25) is 0 Å². The van der Waals surface area contributed by atoms with Gasteiger partial charge in [0, 0.05) is 0 Å². The standard InChI is InChI=1S/C12H23O5P/c1-5-9-14-12(15-10-6-2)11-18(13,16-7-3)17-8-4/h5-6,12H,1-2,7-11H2,3-4H3. The van der Waals surface area contributed by atoms with E-state index in [1.165, 1.54) is 0 Å². The monoisotopic (exact) mass is 278 g/mol. The number of ether oxygens (including phenoxy) is 2. The van der Waals surface area contributed by atoms with Crippen molar-refractivity contribution in [3.05, 3.63) is 25.3 Å². The quantitative estimate of drug-likeness (QED) is 0.312. The molecule has 0 atom stereocenters. The Balaban J connectivity index is 4.50. The average Bonchev–Trinajstić information content (AvgIpc) is 2.33. The number of hydrogen-bond donors (Lipinski definition) is 0. The lowest BCUT2D eigenvalue weighted by Gasteiger charge is -2.22. The van der Waals surface area contributed by atoms with Crippen LogP contribution < -0.4 is 0 Å². The summed E-state index contributed by atoms with van der Waals surface area (Å²) in [5, 5.41) is 0. The zero-order valence-corrected chi connectivity index (χ0v) is 12.1. The SMILES string of the molecule is C=CCOC(CP(=O)(OCC)OCC)OCC=C. The summed E-state index contributed by atoms with van der Waals surface area (Å²) in [6, 6.07) is 0. The van der Waals surface area contributed by atoms with Crippen LogP contribution in [-0.2, 0) is 23.1 Å². The third kappa shape index (κ3) is 7.80. The fraction of sp³-hybridized carbons (Fsp3) is 0.667. The molecule has 6 heteroatoms. The van der Waals surface area contributed by atoms with Gasteiger partial charge in [0.15, 0.2) is 6.29 Å². The molecule has 0 amide bonds. The van der Waals surface area contributed by atoms with Crippen LogP contribution in [0.5, 0.6) is 0 Å². The van der Waals surface area contributed by atoms with Crippen molar-refractivity contribution in [3.63, 3.8) is 0 Å². The van der Waals surface area contributed by atoms with E-state index in [-0.39, 0.29) is 6.16 Å². The Morgan fingerprint density at radius 2 is 1.50 bits per heavy atom. The smallest absolute Gasteiger partial charge is 0.335 e. The van der Waals surface area contributed by atoms with E-state index in [9.17, 15) is 4.57 Å². The van der Waals surface area contributed by atoms with Crippen molar-refractivity contribution in [1.82, 2.24) is 0 Å². The maximum Gasteiger partial charge on any atom is 0.335 e. The molecule has 0 radical (unpaired) electrons. The molecule has 0 aliphatic carbocycles. The highest BCUT2D eigenvalue weighted by Gasteiger charge is 2.29. The van der Waals surface area contributed by atoms with Crippen LogP contribution in [0.1, 0.15) is 13.8 Å². The Labute approximate surface area is 109 Å². The first-order chi connectivity index (χ1) is 8.61. The molecule has 0 spiro atoms. The lowest BCUT2D eigenvalue weighted by atomic mass is 10.6. The molecular weight excluding hydrogens is 255 g/mol. The molecular formula is C12H23O5P. The van der Waals surface area contributed by atoms with E-state index in [0.717, 1.165) is 0 Å². The molecule has 5 nitrogen and oxygen atoms in total. The van der Waals surface area contributed by atoms with E-state index >= 15 is 0 Å². The highest BCUT2D eigenvalue weighted by atomic mass is 31.2. The first-order valence-corrected chi connectivity index (χ1v) is 7.67. The normalized spacial score (nSPS) is 11.7. The van der Waals surface area contributed by atoms with Crippen molar-refractivity contribution in [2.45, 2.75) is 20.1 Å². The molecule has 0 aromatic heterocycles. The van der Waals surface area contributed by atoms with Crippen molar-refractivity contribution in [1.29, 1.82) is 0 Å². The first kappa shape index (κ1) is 17.6. The molecule has 0 rings (SSSR count). The molecule has 0 unspecified atom stereocenters. The van der Waals surface area contributed by atoms with Gasteiger partial charge in [0.1, 0.15) is 6.16 Å². The highest BCUT2D eigenvalue weighted by molar-refractivity contribution is 7.53. The topological polar surface area (TPSA) is 54.0 Å². The number of rotatable bonds is 12. The molecule has 0 aromatic carbocycles. The van der Waals surface area contributed by atoms with Crippen molar-refractivity contribution in [3.8, 4) is 0 Å². The summed E-state index contributed by atoms with van der Waals surface area (Å²) in [5.41, 5.74) is 0. The summed E-state index contributed by atoms with van der Waals surface area (Å²) in [6.45, 7) is 11.9. The molecule has 106 valence electrons. The predicted octanol–water partition coefficient (Wildman–Crippen LogP) is 2.98. The summed E-state index contributed by atoms with van der Waals surface area (Å²) in [7, 11) is -3.17. The summed E-state index contributed by atoms with van der Waals surface area (Å²) in [5.74, 6) is 0.